The molecular formula is C25H33NO2. The number of benzene rings is 2. The smallest absolute Gasteiger partial charge is 0.338 e. The molecule has 0 bridgehead atoms. The predicted octanol–water partition coefficient (Wildman–Crippen LogP) is 6.43. The molecule has 1 aliphatic rings. The molecule has 0 unspecified atom stereocenters. The van der Waals surface area contributed by atoms with Crippen LogP contribution >= 0.6 is 0 Å². The van der Waals surface area contributed by atoms with E-state index in [1.54, 1.807) is 0 Å². The van der Waals surface area contributed by atoms with E-state index in [9.17, 15) is 4.79 Å². The molecular weight excluding hydrogens is 346 g/mol. The zero-order valence-electron chi connectivity index (χ0n) is 18.1. The monoisotopic (exact) mass is 379 g/mol. The van der Waals surface area contributed by atoms with E-state index in [2.05, 4.69) is 44.3 Å². The lowest BCUT2D eigenvalue weighted by Gasteiger charge is -2.22. The van der Waals surface area contributed by atoms with Crippen molar-refractivity contribution in [2.24, 2.45) is 0 Å². The van der Waals surface area contributed by atoms with Gasteiger partial charge in [0.15, 0.2) is 0 Å². The van der Waals surface area contributed by atoms with Gasteiger partial charge in [0.25, 0.3) is 0 Å². The second kappa shape index (κ2) is 7.62. The highest BCUT2D eigenvalue weighted by Crippen LogP contribution is 2.41. The molecule has 0 saturated heterocycles. The van der Waals surface area contributed by atoms with E-state index in [-0.39, 0.29) is 11.4 Å². The Bertz CT molecular complexity index is 834. The number of anilines is 1. The molecule has 3 heteroatoms. The first-order valence-electron chi connectivity index (χ1n) is 10.2. The maximum absolute atomic E-state index is 12.1. The van der Waals surface area contributed by atoms with Gasteiger partial charge in [-0.3, -0.25) is 0 Å². The lowest BCUT2D eigenvalue weighted by Crippen LogP contribution is -2.23. The molecule has 3 rings (SSSR count). The summed E-state index contributed by atoms with van der Waals surface area (Å²) in [6.07, 6.45) is 2.62. The lowest BCUT2D eigenvalue weighted by molar-refractivity contribution is 0.00695. The Balaban J connectivity index is 1.68. The number of ether oxygens (including phenoxy) is 1. The number of hydrogen-bond acceptors (Lipinski definition) is 3. The van der Waals surface area contributed by atoms with Gasteiger partial charge >= 0.3 is 5.97 Å². The lowest BCUT2D eigenvalue weighted by atomic mass is 9.84. The Kier molecular flexibility index (Phi) is 5.56. The van der Waals surface area contributed by atoms with Gasteiger partial charge in [0.05, 0.1) is 5.56 Å². The Morgan fingerprint density at radius 2 is 1.64 bits per heavy atom. The fourth-order valence-electron chi connectivity index (χ4n) is 3.17. The van der Waals surface area contributed by atoms with E-state index >= 15 is 0 Å². The normalized spacial score (nSPS) is 14.6. The van der Waals surface area contributed by atoms with Crippen molar-refractivity contribution in [3.63, 3.8) is 0 Å². The van der Waals surface area contributed by atoms with Crippen molar-refractivity contribution in [1.29, 1.82) is 0 Å². The summed E-state index contributed by atoms with van der Waals surface area (Å²) in [6, 6.07) is 14.6. The average Bonchev–Trinajstić information content (AvgIpc) is 3.43. The second-order valence-electron chi connectivity index (χ2n) is 9.92. The van der Waals surface area contributed by atoms with Gasteiger partial charge in [-0.2, -0.15) is 0 Å². The van der Waals surface area contributed by atoms with Crippen molar-refractivity contribution in [3.8, 4) is 0 Å². The molecule has 0 atom stereocenters. The molecule has 0 heterocycles. The van der Waals surface area contributed by atoms with Crippen LogP contribution < -0.4 is 5.32 Å². The molecule has 2 aromatic carbocycles. The molecule has 28 heavy (non-hydrogen) atoms. The quantitative estimate of drug-likeness (QED) is 0.608. The molecule has 0 radical (unpaired) electrons. The van der Waals surface area contributed by atoms with Gasteiger partial charge in [-0.15, -0.1) is 0 Å². The summed E-state index contributed by atoms with van der Waals surface area (Å²) in [5, 5.41) is 3.49. The van der Waals surface area contributed by atoms with Gasteiger partial charge in [0, 0.05) is 12.2 Å². The summed E-state index contributed by atoms with van der Waals surface area (Å²) in [5.41, 5.74) is 5.43. The number of carbonyl (C=O) groups excluding carboxylic acids is 1. The van der Waals surface area contributed by atoms with Crippen LogP contribution in [0.1, 0.15) is 87.4 Å². The number of rotatable bonds is 5. The molecule has 1 saturated carbocycles. The maximum atomic E-state index is 12.1. The van der Waals surface area contributed by atoms with E-state index in [4.69, 9.17) is 4.74 Å². The first kappa shape index (κ1) is 20.4. The predicted molar refractivity (Wildman–Crippen MR) is 116 cm³/mol. The van der Waals surface area contributed by atoms with Crippen molar-refractivity contribution < 1.29 is 9.53 Å². The molecule has 1 aliphatic carbocycles. The van der Waals surface area contributed by atoms with Crippen LogP contribution in [0.2, 0.25) is 0 Å². The molecule has 150 valence electrons. The van der Waals surface area contributed by atoms with Gasteiger partial charge in [-0.25, -0.2) is 4.79 Å². The molecule has 1 N–H and O–H groups in total. The summed E-state index contributed by atoms with van der Waals surface area (Å²) in [4.78, 5) is 12.1. The summed E-state index contributed by atoms with van der Waals surface area (Å²) < 4.78 is 5.42. The van der Waals surface area contributed by atoms with Gasteiger partial charge in [-0.05, 0) is 85.9 Å². The first-order chi connectivity index (χ1) is 13.0. The van der Waals surface area contributed by atoms with E-state index in [1.165, 1.54) is 29.5 Å². The van der Waals surface area contributed by atoms with E-state index < -0.39 is 5.60 Å². The zero-order valence-corrected chi connectivity index (χ0v) is 18.1. The van der Waals surface area contributed by atoms with Crippen LogP contribution in [0, 0.1) is 0 Å². The zero-order chi connectivity index (χ0) is 20.5. The fourth-order valence-corrected chi connectivity index (χ4v) is 3.17. The highest BCUT2D eigenvalue weighted by Gasteiger charge is 2.26. The Morgan fingerprint density at radius 3 is 2.18 bits per heavy atom. The van der Waals surface area contributed by atoms with E-state index in [0.717, 1.165) is 18.2 Å². The summed E-state index contributed by atoms with van der Waals surface area (Å²) in [6.45, 7) is 13.2. The highest BCUT2D eigenvalue weighted by molar-refractivity contribution is 5.90. The number of esters is 1. The third-order valence-electron chi connectivity index (χ3n) is 4.95. The molecule has 0 spiro atoms. The second-order valence-corrected chi connectivity index (χ2v) is 9.92. The minimum atomic E-state index is -0.481. The summed E-state index contributed by atoms with van der Waals surface area (Å²) in [7, 11) is 0. The van der Waals surface area contributed by atoms with Crippen molar-refractivity contribution in [3.05, 3.63) is 64.7 Å². The van der Waals surface area contributed by atoms with Crippen LogP contribution in [-0.2, 0) is 16.7 Å². The topological polar surface area (TPSA) is 38.3 Å². The van der Waals surface area contributed by atoms with Crippen LogP contribution in [0.3, 0.4) is 0 Å². The van der Waals surface area contributed by atoms with E-state index in [0.29, 0.717) is 5.56 Å². The van der Waals surface area contributed by atoms with Crippen molar-refractivity contribution >= 4 is 11.7 Å². The SMILES string of the molecule is CC(C)(C)OC(=O)c1ccc(NCc2cc(C3CC3)cc(C(C)(C)C)c2)cc1. The highest BCUT2D eigenvalue weighted by atomic mass is 16.6. The third kappa shape index (κ3) is 5.60. The van der Waals surface area contributed by atoms with Crippen LogP contribution in [-0.4, -0.2) is 11.6 Å². The van der Waals surface area contributed by atoms with Crippen LogP contribution in [0.4, 0.5) is 5.69 Å². The summed E-state index contributed by atoms with van der Waals surface area (Å²) in [5.74, 6) is 0.458. The minimum absolute atomic E-state index is 0.148. The van der Waals surface area contributed by atoms with Crippen molar-refractivity contribution in [2.75, 3.05) is 5.32 Å². The molecule has 0 amide bonds. The molecule has 2 aromatic rings. The van der Waals surface area contributed by atoms with Crippen molar-refractivity contribution in [1.82, 2.24) is 0 Å². The third-order valence-corrected chi connectivity index (χ3v) is 4.95. The van der Waals surface area contributed by atoms with Gasteiger partial charge in [0.2, 0.25) is 0 Å². The molecule has 0 aliphatic heterocycles. The van der Waals surface area contributed by atoms with Gasteiger partial charge < -0.3 is 10.1 Å². The van der Waals surface area contributed by atoms with Gasteiger partial charge in [-0.1, -0.05) is 39.0 Å². The Labute approximate surface area is 169 Å². The molecule has 0 aromatic heterocycles. The number of nitrogens with one attached hydrogen (secondary N) is 1. The van der Waals surface area contributed by atoms with Crippen LogP contribution in [0.25, 0.3) is 0 Å². The summed E-state index contributed by atoms with van der Waals surface area (Å²) >= 11 is 0. The average molecular weight is 380 g/mol. The molecule has 3 nitrogen and oxygen atoms in total. The maximum Gasteiger partial charge on any atom is 0.338 e. The molecule has 1 fully saturated rings. The van der Waals surface area contributed by atoms with Crippen LogP contribution in [0.15, 0.2) is 42.5 Å². The first-order valence-corrected chi connectivity index (χ1v) is 10.2. The van der Waals surface area contributed by atoms with Gasteiger partial charge in [0.1, 0.15) is 5.60 Å². The fraction of sp³-hybridized carbons (Fsp3) is 0.480. The van der Waals surface area contributed by atoms with E-state index in [1.807, 2.05) is 45.0 Å². The number of hydrogen-bond donors (Lipinski definition) is 1. The minimum Gasteiger partial charge on any atom is -0.456 e. The van der Waals surface area contributed by atoms with Crippen LogP contribution in [0.5, 0.6) is 0 Å². The number of carbonyl (C=O) groups is 1. The van der Waals surface area contributed by atoms with Crippen molar-refractivity contribution in [2.45, 2.75) is 77.9 Å². The Morgan fingerprint density at radius 1 is 1.00 bits per heavy atom. The standard InChI is InChI=1S/C25H33NO2/c1-24(2,3)21-14-17(13-20(15-21)18-7-8-18)16-26-22-11-9-19(10-12-22)23(27)28-25(4,5)6/h9-15,18,26H,7-8,16H2,1-6H3. The Hall–Kier alpha value is -2.29. The largest absolute Gasteiger partial charge is 0.456 e.